The zero-order chi connectivity index (χ0) is 15.5. The summed E-state index contributed by atoms with van der Waals surface area (Å²) in [5, 5.41) is 3.02. The van der Waals surface area contributed by atoms with Gasteiger partial charge >= 0.3 is 0 Å². The molecule has 1 aromatic heterocycles. The average molecular weight is 329 g/mol. The molecule has 4 nitrogen and oxygen atoms in total. The SMILES string of the molecule is c1ccc2c(SC3CCC(N4CCOCC4)CC3)ncnc2c1. The molecule has 0 bridgehead atoms. The number of para-hydroxylation sites is 1. The Hall–Kier alpha value is -1.17. The first-order valence-corrected chi connectivity index (χ1v) is 9.46. The molecular formula is C18H23N3OS. The molecule has 1 aromatic carbocycles. The van der Waals surface area contributed by atoms with Gasteiger partial charge in [-0.3, -0.25) is 4.90 Å². The van der Waals surface area contributed by atoms with Gasteiger partial charge in [-0.15, -0.1) is 11.8 Å². The molecule has 0 atom stereocenters. The third-order valence-corrected chi connectivity index (χ3v) is 6.34. The lowest BCUT2D eigenvalue weighted by Gasteiger charge is -2.38. The number of aromatic nitrogens is 2. The van der Waals surface area contributed by atoms with E-state index in [2.05, 4.69) is 33.1 Å². The summed E-state index contributed by atoms with van der Waals surface area (Å²) in [5.74, 6) is 0. The quantitative estimate of drug-likeness (QED) is 0.807. The highest BCUT2D eigenvalue weighted by molar-refractivity contribution is 8.00. The van der Waals surface area contributed by atoms with E-state index in [4.69, 9.17) is 4.74 Å². The zero-order valence-electron chi connectivity index (χ0n) is 13.4. The number of fused-ring (bicyclic) bond motifs is 1. The van der Waals surface area contributed by atoms with E-state index in [1.165, 1.54) is 31.1 Å². The number of rotatable bonds is 3. The van der Waals surface area contributed by atoms with E-state index in [0.717, 1.165) is 42.9 Å². The average Bonchev–Trinajstić information content (AvgIpc) is 2.63. The Bertz CT molecular complexity index is 646. The van der Waals surface area contributed by atoms with Gasteiger partial charge < -0.3 is 4.74 Å². The van der Waals surface area contributed by atoms with Crippen molar-refractivity contribution in [2.45, 2.75) is 42.0 Å². The third kappa shape index (κ3) is 3.52. The van der Waals surface area contributed by atoms with Crippen LogP contribution >= 0.6 is 11.8 Å². The lowest BCUT2D eigenvalue weighted by molar-refractivity contribution is 0.00894. The van der Waals surface area contributed by atoms with E-state index < -0.39 is 0 Å². The monoisotopic (exact) mass is 329 g/mol. The lowest BCUT2D eigenvalue weighted by Crippen LogP contribution is -2.45. The van der Waals surface area contributed by atoms with E-state index in [0.29, 0.717) is 5.25 Å². The highest BCUT2D eigenvalue weighted by Gasteiger charge is 2.27. The molecule has 0 unspecified atom stereocenters. The molecular weight excluding hydrogens is 306 g/mol. The Morgan fingerprint density at radius 3 is 2.61 bits per heavy atom. The second kappa shape index (κ2) is 7.16. The maximum atomic E-state index is 5.47. The van der Waals surface area contributed by atoms with Crippen LogP contribution in [-0.2, 0) is 4.74 Å². The van der Waals surface area contributed by atoms with Gasteiger partial charge in [0.1, 0.15) is 11.4 Å². The van der Waals surface area contributed by atoms with Crippen molar-refractivity contribution in [1.82, 2.24) is 14.9 Å². The molecule has 2 fully saturated rings. The van der Waals surface area contributed by atoms with Gasteiger partial charge in [-0.05, 0) is 31.7 Å². The molecule has 0 spiro atoms. The smallest absolute Gasteiger partial charge is 0.117 e. The summed E-state index contributed by atoms with van der Waals surface area (Å²) in [6, 6.07) is 9.08. The van der Waals surface area contributed by atoms with Gasteiger partial charge in [-0.25, -0.2) is 9.97 Å². The van der Waals surface area contributed by atoms with E-state index in [1.54, 1.807) is 6.33 Å². The molecule has 2 aromatic rings. The second-order valence-electron chi connectivity index (χ2n) is 6.39. The second-order valence-corrected chi connectivity index (χ2v) is 7.68. The minimum Gasteiger partial charge on any atom is -0.379 e. The Morgan fingerprint density at radius 1 is 1.00 bits per heavy atom. The van der Waals surface area contributed by atoms with Crippen LogP contribution in [0.5, 0.6) is 0 Å². The van der Waals surface area contributed by atoms with Crippen LogP contribution in [0.1, 0.15) is 25.7 Å². The molecule has 1 aliphatic heterocycles. The summed E-state index contributed by atoms with van der Waals surface area (Å²) in [6.45, 7) is 4.03. The van der Waals surface area contributed by atoms with Crippen LogP contribution in [0.3, 0.4) is 0 Å². The van der Waals surface area contributed by atoms with Crippen LogP contribution in [0.4, 0.5) is 0 Å². The molecule has 4 rings (SSSR count). The van der Waals surface area contributed by atoms with Gasteiger partial charge in [-0.1, -0.05) is 18.2 Å². The Kier molecular flexibility index (Phi) is 4.78. The molecule has 122 valence electrons. The molecule has 0 amide bonds. The normalized spacial score (nSPS) is 26.4. The first-order chi connectivity index (χ1) is 11.4. The van der Waals surface area contributed by atoms with Crippen molar-refractivity contribution in [1.29, 1.82) is 0 Å². The van der Waals surface area contributed by atoms with Gasteiger partial charge in [0.2, 0.25) is 0 Å². The molecule has 2 heterocycles. The van der Waals surface area contributed by atoms with Crippen molar-refractivity contribution < 1.29 is 4.74 Å². The minimum atomic E-state index is 0.686. The first kappa shape index (κ1) is 15.4. The molecule has 0 N–H and O–H groups in total. The predicted octanol–water partition coefficient (Wildman–Crippen LogP) is 3.37. The highest BCUT2D eigenvalue weighted by Crippen LogP contribution is 2.36. The number of ether oxygens (including phenoxy) is 1. The predicted molar refractivity (Wildman–Crippen MR) is 93.8 cm³/mol. The van der Waals surface area contributed by atoms with Crippen LogP contribution in [0, 0.1) is 0 Å². The summed E-state index contributed by atoms with van der Waals surface area (Å²) in [5.41, 5.74) is 1.05. The molecule has 2 aliphatic rings. The number of nitrogens with zero attached hydrogens (tertiary/aromatic N) is 3. The molecule has 23 heavy (non-hydrogen) atoms. The third-order valence-electron chi connectivity index (χ3n) is 4.99. The lowest BCUT2D eigenvalue weighted by atomic mass is 9.93. The van der Waals surface area contributed by atoms with Crippen LogP contribution in [0.15, 0.2) is 35.6 Å². The molecule has 0 radical (unpaired) electrons. The summed E-state index contributed by atoms with van der Waals surface area (Å²) in [6.07, 6.45) is 6.88. The van der Waals surface area contributed by atoms with Crippen molar-refractivity contribution in [3.05, 3.63) is 30.6 Å². The molecule has 5 heteroatoms. The summed E-state index contributed by atoms with van der Waals surface area (Å²) < 4.78 is 5.47. The topological polar surface area (TPSA) is 38.2 Å². The van der Waals surface area contributed by atoms with Crippen molar-refractivity contribution in [2.75, 3.05) is 26.3 Å². The number of hydrogen-bond donors (Lipinski definition) is 0. The summed E-state index contributed by atoms with van der Waals surface area (Å²) in [7, 11) is 0. The van der Waals surface area contributed by atoms with E-state index in [9.17, 15) is 0 Å². The zero-order valence-corrected chi connectivity index (χ0v) is 14.2. The Labute approximate surface area is 141 Å². The molecule has 1 saturated heterocycles. The van der Waals surface area contributed by atoms with Gasteiger partial charge in [0.15, 0.2) is 0 Å². The standard InChI is InChI=1S/C18H23N3OS/c1-2-4-17-16(3-1)18(20-13-19-17)23-15-7-5-14(6-8-15)21-9-11-22-12-10-21/h1-4,13-15H,5-12H2. The highest BCUT2D eigenvalue weighted by atomic mass is 32.2. The van der Waals surface area contributed by atoms with Gasteiger partial charge in [0, 0.05) is 29.8 Å². The first-order valence-electron chi connectivity index (χ1n) is 8.58. The van der Waals surface area contributed by atoms with Crippen LogP contribution in [-0.4, -0.2) is 52.5 Å². The minimum absolute atomic E-state index is 0.686. The summed E-state index contributed by atoms with van der Waals surface area (Å²) >= 11 is 1.95. The Balaban J connectivity index is 1.39. The van der Waals surface area contributed by atoms with Gasteiger partial charge in [0.05, 0.1) is 18.7 Å². The van der Waals surface area contributed by atoms with Crippen LogP contribution < -0.4 is 0 Å². The van der Waals surface area contributed by atoms with E-state index >= 15 is 0 Å². The molecule has 1 aliphatic carbocycles. The van der Waals surface area contributed by atoms with E-state index in [1.807, 2.05) is 17.8 Å². The molecule has 1 saturated carbocycles. The largest absolute Gasteiger partial charge is 0.379 e. The number of thioether (sulfide) groups is 1. The van der Waals surface area contributed by atoms with Crippen LogP contribution in [0.25, 0.3) is 10.9 Å². The van der Waals surface area contributed by atoms with E-state index in [-0.39, 0.29) is 0 Å². The van der Waals surface area contributed by atoms with Crippen molar-refractivity contribution in [3.8, 4) is 0 Å². The van der Waals surface area contributed by atoms with Crippen LogP contribution in [0.2, 0.25) is 0 Å². The van der Waals surface area contributed by atoms with Crippen molar-refractivity contribution >= 4 is 22.7 Å². The van der Waals surface area contributed by atoms with Gasteiger partial charge in [-0.2, -0.15) is 0 Å². The fourth-order valence-corrected chi connectivity index (χ4v) is 4.93. The Morgan fingerprint density at radius 2 is 1.78 bits per heavy atom. The summed E-state index contributed by atoms with van der Waals surface area (Å²) in [4.78, 5) is 11.5. The van der Waals surface area contributed by atoms with Crippen molar-refractivity contribution in [3.63, 3.8) is 0 Å². The number of hydrogen-bond acceptors (Lipinski definition) is 5. The maximum absolute atomic E-state index is 5.47. The fraction of sp³-hybridized carbons (Fsp3) is 0.556. The maximum Gasteiger partial charge on any atom is 0.117 e. The number of morpholine rings is 1. The number of benzene rings is 1. The fourth-order valence-electron chi connectivity index (χ4n) is 3.70. The van der Waals surface area contributed by atoms with Crippen molar-refractivity contribution in [2.24, 2.45) is 0 Å². The van der Waals surface area contributed by atoms with Gasteiger partial charge in [0.25, 0.3) is 0 Å².